The summed E-state index contributed by atoms with van der Waals surface area (Å²) in [7, 11) is 0. The summed E-state index contributed by atoms with van der Waals surface area (Å²) in [6.07, 6.45) is 8.56. The van der Waals surface area contributed by atoms with Crippen molar-refractivity contribution in [3.05, 3.63) is 47.7 Å². The number of benzene rings is 1. The molecule has 3 heterocycles. The van der Waals surface area contributed by atoms with Crippen LogP contribution in [0.5, 0.6) is 0 Å². The van der Waals surface area contributed by atoms with Crippen LogP contribution in [0.25, 0.3) is 0 Å². The zero-order chi connectivity index (χ0) is 24.4. The molecule has 3 aliphatic rings. The van der Waals surface area contributed by atoms with Gasteiger partial charge in [0, 0.05) is 73.5 Å². The molecular formula is C26H34N6O2S. The average Bonchev–Trinajstić information content (AvgIpc) is 3.38. The first-order chi connectivity index (χ1) is 17.0. The maximum atomic E-state index is 13.1. The van der Waals surface area contributed by atoms with Gasteiger partial charge in [-0.25, -0.2) is 9.29 Å². The van der Waals surface area contributed by atoms with E-state index in [0.717, 1.165) is 56.0 Å². The van der Waals surface area contributed by atoms with Crippen molar-refractivity contribution < 1.29 is 9.59 Å². The predicted molar refractivity (Wildman–Crippen MR) is 141 cm³/mol. The second kappa shape index (κ2) is 10.5. The third-order valence-electron chi connectivity index (χ3n) is 7.37. The lowest BCUT2D eigenvalue weighted by Crippen LogP contribution is -2.47. The number of carbonyl (C=O) groups excluding carboxylic acids is 2. The molecule has 0 spiro atoms. The number of nitrogens with zero attached hydrogens (tertiary/aromatic N) is 4. The molecule has 0 radical (unpaired) electrons. The number of hydrogen-bond donors (Lipinski definition) is 2. The van der Waals surface area contributed by atoms with Gasteiger partial charge in [0.25, 0.3) is 5.91 Å². The van der Waals surface area contributed by atoms with E-state index in [0.29, 0.717) is 24.0 Å². The second-order valence-corrected chi connectivity index (χ2v) is 10.4. The fourth-order valence-corrected chi connectivity index (χ4v) is 5.94. The van der Waals surface area contributed by atoms with Crippen molar-refractivity contribution in [3.63, 3.8) is 0 Å². The van der Waals surface area contributed by atoms with Gasteiger partial charge in [-0.2, -0.15) is 0 Å². The molecule has 2 fully saturated rings. The van der Waals surface area contributed by atoms with Gasteiger partial charge < -0.3 is 20.4 Å². The molecular weight excluding hydrogens is 460 g/mol. The Hall–Kier alpha value is -2.78. The molecule has 5 rings (SSSR count). The molecule has 0 bridgehead atoms. The topological polar surface area (TPSA) is 80.8 Å². The van der Waals surface area contributed by atoms with Gasteiger partial charge in [-0.1, -0.05) is 30.9 Å². The molecule has 2 N–H and O–H groups in total. The van der Waals surface area contributed by atoms with Crippen molar-refractivity contribution in [2.75, 3.05) is 42.7 Å². The van der Waals surface area contributed by atoms with Crippen LogP contribution in [0.15, 0.2) is 36.5 Å². The quantitative estimate of drug-likeness (QED) is 0.615. The van der Waals surface area contributed by atoms with E-state index >= 15 is 0 Å². The van der Waals surface area contributed by atoms with E-state index < -0.39 is 0 Å². The average molecular weight is 495 g/mol. The normalized spacial score (nSPS) is 21.4. The highest BCUT2D eigenvalue weighted by Gasteiger charge is 2.34. The molecule has 1 aromatic carbocycles. The van der Waals surface area contributed by atoms with Crippen LogP contribution in [0.2, 0.25) is 0 Å². The molecule has 1 aliphatic carbocycles. The maximum absolute atomic E-state index is 13.1. The number of fused-ring (bicyclic) bond motifs is 1. The SMILES string of the molecule is CSN1CCN(C(=O)c2cccc(Nc3cc4c(cn3)CNC(=O)C(C)N4C3CCCC3)c2)CC1. The van der Waals surface area contributed by atoms with Crippen molar-refractivity contribution >= 4 is 41.0 Å². The minimum atomic E-state index is -0.220. The Kier molecular flexibility index (Phi) is 7.15. The molecule has 2 aromatic rings. The van der Waals surface area contributed by atoms with E-state index in [1.807, 2.05) is 42.3 Å². The summed E-state index contributed by atoms with van der Waals surface area (Å²) in [4.78, 5) is 34.6. The maximum Gasteiger partial charge on any atom is 0.254 e. The molecule has 1 saturated heterocycles. The number of nitrogens with one attached hydrogen (secondary N) is 2. The van der Waals surface area contributed by atoms with Crippen LogP contribution in [-0.2, 0) is 11.3 Å². The zero-order valence-corrected chi connectivity index (χ0v) is 21.3. The summed E-state index contributed by atoms with van der Waals surface area (Å²) in [6, 6.07) is 9.85. The van der Waals surface area contributed by atoms with Gasteiger partial charge >= 0.3 is 0 Å². The summed E-state index contributed by atoms with van der Waals surface area (Å²) in [5, 5.41) is 6.44. The Balaban J connectivity index is 1.36. The van der Waals surface area contributed by atoms with Gasteiger partial charge in [-0.15, -0.1) is 0 Å². The van der Waals surface area contributed by atoms with E-state index in [4.69, 9.17) is 0 Å². The highest BCUT2D eigenvalue weighted by molar-refractivity contribution is 7.96. The van der Waals surface area contributed by atoms with E-state index in [1.54, 1.807) is 11.9 Å². The molecule has 1 aromatic heterocycles. The lowest BCUT2D eigenvalue weighted by Gasteiger charge is -2.35. The van der Waals surface area contributed by atoms with Crippen LogP contribution in [0.4, 0.5) is 17.2 Å². The van der Waals surface area contributed by atoms with Gasteiger partial charge in [0.05, 0.1) is 0 Å². The van der Waals surface area contributed by atoms with E-state index in [-0.39, 0.29) is 17.9 Å². The molecule has 9 heteroatoms. The van der Waals surface area contributed by atoms with E-state index in [9.17, 15) is 9.59 Å². The number of pyridine rings is 1. The number of rotatable bonds is 5. The minimum absolute atomic E-state index is 0.0622. The Labute approximate surface area is 211 Å². The molecule has 1 saturated carbocycles. The summed E-state index contributed by atoms with van der Waals surface area (Å²) in [6.45, 7) is 5.73. The third-order valence-corrected chi connectivity index (χ3v) is 8.26. The number of aromatic nitrogens is 1. The van der Waals surface area contributed by atoms with Gasteiger partial charge in [-0.3, -0.25) is 9.59 Å². The van der Waals surface area contributed by atoms with Crippen LogP contribution in [0, 0.1) is 0 Å². The van der Waals surface area contributed by atoms with Gasteiger partial charge in [0.2, 0.25) is 5.91 Å². The molecule has 2 amide bonds. The highest BCUT2D eigenvalue weighted by Crippen LogP contribution is 2.35. The molecule has 8 nitrogen and oxygen atoms in total. The molecule has 35 heavy (non-hydrogen) atoms. The molecule has 186 valence electrons. The van der Waals surface area contributed by atoms with Crippen LogP contribution in [0.1, 0.15) is 48.5 Å². The Bertz CT molecular complexity index is 1080. The number of hydrogen-bond acceptors (Lipinski definition) is 7. The summed E-state index contributed by atoms with van der Waals surface area (Å²) < 4.78 is 2.28. The minimum Gasteiger partial charge on any atom is -0.356 e. The predicted octanol–water partition coefficient (Wildman–Crippen LogP) is 3.63. The van der Waals surface area contributed by atoms with Crippen LogP contribution in [-0.4, -0.2) is 70.5 Å². The fraction of sp³-hybridized carbons (Fsp3) is 0.500. The Morgan fingerprint density at radius 1 is 1.14 bits per heavy atom. The first kappa shape index (κ1) is 23.9. The second-order valence-electron chi connectivity index (χ2n) is 9.55. The summed E-state index contributed by atoms with van der Waals surface area (Å²) >= 11 is 1.73. The van der Waals surface area contributed by atoms with Crippen molar-refractivity contribution in [2.24, 2.45) is 0 Å². The lowest BCUT2D eigenvalue weighted by atomic mass is 10.1. The van der Waals surface area contributed by atoms with Crippen molar-refractivity contribution in [2.45, 2.75) is 51.2 Å². The Morgan fingerprint density at radius 3 is 2.66 bits per heavy atom. The molecule has 1 atom stereocenters. The largest absolute Gasteiger partial charge is 0.356 e. The van der Waals surface area contributed by atoms with Crippen molar-refractivity contribution in [1.82, 2.24) is 19.5 Å². The summed E-state index contributed by atoms with van der Waals surface area (Å²) in [5.74, 6) is 0.841. The third kappa shape index (κ3) is 5.11. The van der Waals surface area contributed by atoms with Crippen LogP contribution < -0.4 is 15.5 Å². The van der Waals surface area contributed by atoms with E-state index in [2.05, 4.69) is 37.1 Å². The molecule has 1 unspecified atom stereocenters. The van der Waals surface area contributed by atoms with Crippen molar-refractivity contribution in [1.29, 1.82) is 0 Å². The van der Waals surface area contributed by atoms with Gasteiger partial charge in [-0.05, 0) is 44.2 Å². The number of amides is 2. The van der Waals surface area contributed by atoms with Crippen LogP contribution >= 0.6 is 11.9 Å². The standard InChI is InChI=1S/C26H34N6O2S/c1-18-25(33)28-17-20-16-27-24(15-23(20)32(18)22-8-3-4-9-22)29-21-7-5-6-19(14-21)26(34)30-10-12-31(35-2)13-11-30/h5-7,14-16,18,22H,3-4,8-13,17H2,1-2H3,(H,27,29)(H,28,33). The van der Waals surface area contributed by atoms with Crippen LogP contribution in [0.3, 0.4) is 0 Å². The highest BCUT2D eigenvalue weighted by atomic mass is 32.2. The smallest absolute Gasteiger partial charge is 0.254 e. The number of anilines is 3. The lowest BCUT2D eigenvalue weighted by molar-refractivity contribution is -0.122. The van der Waals surface area contributed by atoms with Crippen molar-refractivity contribution in [3.8, 4) is 0 Å². The summed E-state index contributed by atoms with van der Waals surface area (Å²) in [5.41, 5.74) is 3.61. The monoisotopic (exact) mass is 494 g/mol. The number of carbonyl (C=O) groups is 2. The van der Waals surface area contributed by atoms with Gasteiger partial charge in [0.1, 0.15) is 11.9 Å². The number of piperazine rings is 1. The van der Waals surface area contributed by atoms with Gasteiger partial charge in [0.15, 0.2) is 0 Å². The van der Waals surface area contributed by atoms with E-state index in [1.165, 1.54) is 12.8 Å². The first-order valence-corrected chi connectivity index (χ1v) is 13.7. The fourth-order valence-electron chi connectivity index (χ4n) is 5.41. The first-order valence-electron chi connectivity index (χ1n) is 12.5. The zero-order valence-electron chi connectivity index (χ0n) is 20.5. The Morgan fingerprint density at radius 2 is 1.91 bits per heavy atom. The molecule has 2 aliphatic heterocycles.